The highest BCUT2D eigenvalue weighted by atomic mass is 35.5. The van der Waals surface area contributed by atoms with Gasteiger partial charge in [0.1, 0.15) is 11.6 Å². The Morgan fingerprint density at radius 1 is 1.47 bits per heavy atom. The normalized spacial score (nSPS) is 11.4. The predicted molar refractivity (Wildman–Crippen MR) is 55.8 cm³/mol. The minimum atomic E-state index is -0.987. The van der Waals surface area contributed by atoms with Crippen LogP contribution in [0.5, 0.6) is 0 Å². The fourth-order valence-corrected chi connectivity index (χ4v) is 1.25. The molecule has 0 aliphatic carbocycles. The van der Waals surface area contributed by atoms with E-state index in [9.17, 15) is 8.78 Å². The van der Waals surface area contributed by atoms with E-state index < -0.39 is 17.7 Å². The third-order valence-corrected chi connectivity index (χ3v) is 2.05. The number of nitrogens with two attached hydrogens (primary N) is 1. The molecule has 0 amide bonds. The van der Waals surface area contributed by atoms with Gasteiger partial charge in [0.15, 0.2) is 0 Å². The Labute approximate surface area is 97.0 Å². The molecular weight excluding hydrogens is 245 g/mol. The molecule has 0 radical (unpaired) electrons. The van der Waals surface area contributed by atoms with Gasteiger partial charge in [-0.15, -0.1) is 12.4 Å². The Hall–Kier alpha value is -0.890. The predicted octanol–water partition coefficient (Wildman–Crippen LogP) is 2.95. The SMILES string of the molecule is Cl.N#CC[C@H](N)c1c(F)ccc(Cl)c1F. The van der Waals surface area contributed by atoms with Gasteiger partial charge in [-0.2, -0.15) is 5.26 Å². The van der Waals surface area contributed by atoms with Crippen LogP contribution in [-0.2, 0) is 0 Å². The number of hydrogen-bond donors (Lipinski definition) is 1. The lowest BCUT2D eigenvalue weighted by Gasteiger charge is -2.10. The maximum atomic E-state index is 13.3. The van der Waals surface area contributed by atoms with Crippen LogP contribution in [0.1, 0.15) is 18.0 Å². The molecule has 1 rings (SSSR count). The van der Waals surface area contributed by atoms with E-state index in [2.05, 4.69) is 0 Å². The highest BCUT2D eigenvalue weighted by molar-refractivity contribution is 6.30. The average molecular weight is 253 g/mol. The van der Waals surface area contributed by atoms with Gasteiger partial charge in [0.25, 0.3) is 0 Å². The monoisotopic (exact) mass is 252 g/mol. The van der Waals surface area contributed by atoms with Gasteiger partial charge in [0.05, 0.1) is 17.5 Å². The lowest BCUT2D eigenvalue weighted by Crippen LogP contribution is -2.13. The topological polar surface area (TPSA) is 49.8 Å². The van der Waals surface area contributed by atoms with Crippen molar-refractivity contribution in [2.24, 2.45) is 5.73 Å². The molecule has 0 fully saturated rings. The second-order valence-electron chi connectivity index (χ2n) is 2.73. The van der Waals surface area contributed by atoms with Crippen LogP contribution >= 0.6 is 24.0 Å². The van der Waals surface area contributed by atoms with E-state index in [4.69, 9.17) is 22.6 Å². The molecule has 0 saturated heterocycles. The number of nitriles is 1. The van der Waals surface area contributed by atoms with Crippen LogP contribution in [0, 0.1) is 23.0 Å². The van der Waals surface area contributed by atoms with Crippen LogP contribution in [-0.4, -0.2) is 0 Å². The Morgan fingerprint density at radius 3 is 2.60 bits per heavy atom. The second-order valence-corrected chi connectivity index (χ2v) is 3.13. The molecule has 1 atom stereocenters. The zero-order chi connectivity index (χ0) is 10.7. The van der Waals surface area contributed by atoms with E-state index in [0.29, 0.717) is 0 Å². The van der Waals surface area contributed by atoms with Crippen molar-refractivity contribution in [1.29, 1.82) is 5.26 Å². The molecule has 82 valence electrons. The number of nitrogens with zero attached hydrogens (tertiary/aromatic N) is 1. The minimum Gasteiger partial charge on any atom is -0.323 e. The highest BCUT2D eigenvalue weighted by Crippen LogP contribution is 2.26. The maximum Gasteiger partial charge on any atom is 0.149 e. The van der Waals surface area contributed by atoms with E-state index >= 15 is 0 Å². The first-order valence-electron chi connectivity index (χ1n) is 3.84. The molecule has 2 N–H and O–H groups in total. The van der Waals surface area contributed by atoms with Crippen LogP contribution in [0.4, 0.5) is 8.78 Å². The Kier molecular flexibility index (Phi) is 5.51. The van der Waals surface area contributed by atoms with Crippen molar-refractivity contribution in [3.8, 4) is 6.07 Å². The van der Waals surface area contributed by atoms with E-state index in [0.717, 1.165) is 12.1 Å². The first kappa shape index (κ1) is 14.1. The fourth-order valence-electron chi connectivity index (χ4n) is 1.08. The van der Waals surface area contributed by atoms with Crippen molar-refractivity contribution in [2.45, 2.75) is 12.5 Å². The number of hydrogen-bond acceptors (Lipinski definition) is 2. The molecule has 15 heavy (non-hydrogen) atoms. The number of benzene rings is 1. The third kappa shape index (κ3) is 3.03. The largest absolute Gasteiger partial charge is 0.323 e. The van der Waals surface area contributed by atoms with Gasteiger partial charge in [-0.1, -0.05) is 11.6 Å². The van der Waals surface area contributed by atoms with Crippen molar-refractivity contribution in [3.05, 3.63) is 34.4 Å². The molecule has 0 saturated carbocycles. The lowest BCUT2D eigenvalue weighted by atomic mass is 10.0. The van der Waals surface area contributed by atoms with Crippen molar-refractivity contribution >= 4 is 24.0 Å². The van der Waals surface area contributed by atoms with Gasteiger partial charge < -0.3 is 5.73 Å². The molecule has 0 spiro atoms. The molecule has 0 unspecified atom stereocenters. The summed E-state index contributed by atoms with van der Waals surface area (Å²) in [5.41, 5.74) is 5.08. The van der Waals surface area contributed by atoms with Crippen LogP contribution in [0.3, 0.4) is 0 Å². The zero-order valence-electron chi connectivity index (χ0n) is 7.51. The molecule has 1 aromatic rings. The summed E-state index contributed by atoms with van der Waals surface area (Å²) >= 11 is 5.45. The third-order valence-electron chi connectivity index (χ3n) is 1.76. The van der Waals surface area contributed by atoms with E-state index in [1.807, 2.05) is 0 Å². The smallest absolute Gasteiger partial charge is 0.149 e. The molecule has 0 bridgehead atoms. The van der Waals surface area contributed by atoms with Crippen molar-refractivity contribution in [2.75, 3.05) is 0 Å². The first-order valence-corrected chi connectivity index (χ1v) is 4.21. The van der Waals surface area contributed by atoms with Gasteiger partial charge >= 0.3 is 0 Å². The second kappa shape index (κ2) is 5.86. The number of halogens is 4. The van der Waals surface area contributed by atoms with Gasteiger partial charge in [0, 0.05) is 11.6 Å². The Morgan fingerprint density at radius 2 is 2.07 bits per heavy atom. The summed E-state index contributed by atoms with van der Waals surface area (Å²) in [6.07, 6.45) is -0.159. The van der Waals surface area contributed by atoms with Gasteiger partial charge in [0.2, 0.25) is 0 Å². The Balaban J connectivity index is 0.00000196. The fraction of sp³-hybridized carbons (Fsp3) is 0.222. The quantitative estimate of drug-likeness (QED) is 0.823. The average Bonchev–Trinajstić information content (AvgIpc) is 2.13. The zero-order valence-corrected chi connectivity index (χ0v) is 9.08. The van der Waals surface area contributed by atoms with Gasteiger partial charge in [-0.05, 0) is 12.1 Å². The molecule has 0 aromatic heterocycles. The molecule has 0 aliphatic heterocycles. The molecule has 1 aromatic carbocycles. The van der Waals surface area contributed by atoms with Gasteiger partial charge in [-0.3, -0.25) is 0 Å². The highest BCUT2D eigenvalue weighted by Gasteiger charge is 2.18. The lowest BCUT2D eigenvalue weighted by molar-refractivity contribution is 0.528. The van der Waals surface area contributed by atoms with E-state index in [1.54, 1.807) is 6.07 Å². The number of rotatable bonds is 2. The van der Waals surface area contributed by atoms with Crippen molar-refractivity contribution < 1.29 is 8.78 Å². The summed E-state index contributed by atoms with van der Waals surface area (Å²) < 4.78 is 26.4. The van der Waals surface area contributed by atoms with Crippen LogP contribution in [0.15, 0.2) is 12.1 Å². The standard InChI is InChI=1S/C9H7ClF2N2.ClH/c10-5-1-2-6(11)8(9(5)12)7(14)3-4-13;/h1-2,7H,3,14H2;1H/t7-;/m0./s1. The summed E-state index contributed by atoms with van der Waals surface area (Å²) in [5, 5.41) is 8.14. The summed E-state index contributed by atoms with van der Waals surface area (Å²) in [6.45, 7) is 0. The van der Waals surface area contributed by atoms with Crippen LogP contribution < -0.4 is 5.73 Å². The summed E-state index contributed by atoms with van der Waals surface area (Å²) in [5.74, 6) is -1.68. The molecule has 0 heterocycles. The maximum absolute atomic E-state index is 13.3. The molecule has 6 heteroatoms. The van der Waals surface area contributed by atoms with Crippen molar-refractivity contribution in [3.63, 3.8) is 0 Å². The first-order chi connectivity index (χ1) is 6.57. The summed E-state index contributed by atoms with van der Waals surface area (Å²) in [4.78, 5) is 0. The summed E-state index contributed by atoms with van der Waals surface area (Å²) in [6, 6.07) is 2.88. The molecule has 0 aliphatic rings. The van der Waals surface area contributed by atoms with Gasteiger partial charge in [-0.25, -0.2) is 8.78 Å². The van der Waals surface area contributed by atoms with Crippen LogP contribution in [0.2, 0.25) is 5.02 Å². The van der Waals surface area contributed by atoms with Crippen LogP contribution in [0.25, 0.3) is 0 Å². The molecule has 2 nitrogen and oxygen atoms in total. The van der Waals surface area contributed by atoms with E-state index in [1.165, 1.54) is 0 Å². The van der Waals surface area contributed by atoms with Crippen molar-refractivity contribution in [1.82, 2.24) is 0 Å². The summed E-state index contributed by atoms with van der Waals surface area (Å²) in [7, 11) is 0. The Bertz CT molecular complexity index is 390. The minimum absolute atomic E-state index is 0. The molecular formula is C9H8Cl2F2N2. The van der Waals surface area contributed by atoms with E-state index in [-0.39, 0.29) is 29.4 Å².